The standard InChI is InChI=1S/C16H14N2O.ClH/c1-19-13-8-6-12(7-9-13)18-16-10-11-17-15-5-3-2-4-14(15)16;/h2-11H,1H3,(H,17,18);1H/p-1. The van der Waals surface area contributed by atoms with Crippen molar-refractivity contribution in [2.24, 2.45) is 0 Å². The number of hydrogen-bond donors (Lipinski definition) is 1. The first-order valence-electron chi connectivity index (χ1n) is 6.11. The number of pyridine rings is 1. The van der Waals surface area contributed by atoms with E-state index in [1.165, 1.54) is 0 Å². The third kappa shape index (κ3) is 2.83. The molecule has 0 aliphatic heterocycles. The quantitative estimate of drug-likeness (QED) is 0.779. The van der Waals surface area contributed by atoms with Crippen LogP contribution < -0.4 is 22.5 Å². The van der Waals surface area contributed by atoms with Crippen LogP contribution in [0, 0.1) is 0 Å². The van der Waals surface area contributed by atoms with Gasteiger partial charge in [-0.2, -0.15) is 0 Å². The van der Waals surface area contributed by atoms with E-state index in [2.05, 4.69) is 16.4 Å². The molecule has 0 aliphatic rings. The van der Waals surface area contributed by atoms with E-state index in [9.17, 15) is 0 Å². The van der Waals surface area contributed by atoms with Crippen LogP contribution >= 0.6 is 0 Å². The average molecular weight is 286 g/mol. The van der Waals surface area contributed by atoms with Crippen LogP contribution in [0.2, 0.25) is 0 Å². The number of ether oxygens (including phenoxy) is 1. The van der Waals surface area contributed by atoms with Gasteiger partial charge < -0.3 is 22.5 Å². The van der Waals surface area contributed by atoms with Crippen LogP contribution in [0.3, 0.4) is 0 Å². The molecule has 0 atom stereocenters. The van der Waals surface area contributed by atoms with Crippen molar-refractivity contribution in [3.63, 3.8) is 0 Å². The summed E-state index contributed by atoms with van der Waals surface area (Å²) in [6, 6.07) is 17.9. The van der Waals surface area contributed by atoms with E-state index in [1.54, 1.807) is 7.11 Å². The number of benzene rings is 2. The van der Waals surface area contributed by atoms with Crippen LogP contribution in [0.25, 0.3) is 10.9 Å². The molecule has 1 heterocycles. The molecule has 0 amide bonds. The van der Waals surface area contributed by atoms with Crippen molar-refractivity contribution in [1.82, 2.24) is 4.98 Å². The van der Waals surface area contributed by atoms with Gasteiger partial charge >= 0.3 is 0 Å². The lowest BCUT2D eigenvalue weighted by atomic mass is 10.2. The number of fused-ring (bicyclic) bond motifs is 1. The Morgan fingerprint density at radius 3 is 2.45 bits per heavy atom. The summed E-state index contributed by atoms with van der Waals surface area (Å²) in [6.07, 6.45) is 1.81. The lowest BCUT2D eigenvalue weighted by Gasteiger charge is -2.09. The smallest absolute Gasteiger partial charge is 0.119 e. The van der Waals surface area contributed by atoms with Gasteiger partial charge in [0.2, 0.25) is 0 Å². The Morgan fingerprint density at radius 1 is 0.950 bits per heavy atom. The normalized spacial score (nSPS) is 9.85. The zero-order valence-electron chi connectivity index (χ0n) is 11.0. The highest BCUT2D eigenvalue weighted by atomic mass is 35.5. The van der Waals surface area contributed by atoms with Crippen molar-refractivity contribution in [3.05, 3.63) is 60.8 Å². The second-order valence-corrected chi connectivity index (χ2v) is 4.23. The number of halogens is 1. The number of nitrogens with zero attached hydrogens (tertiary/aromatic N) is 1. The summed E-state index contributed by atoms with van der Waals surface area (Å²) >= 11 is 0. The van der Waals surface area contributed by atoms with Crippen molar-refractivity contribution in [2.75, 3.05) is 12.4 Å². The maximum Gasteiger partial charge on any atom is 0.119 e. The number of anilines is 2. The summed E-state index contributed by atoms with van der Waals surface area (Å²) in [6.45, 7) is 0. The molecule has 0 radical (unpaired) electrons. The summed E-state index contributed by atoms with van der Waals surface area (Å²) in [4.78, 5) is 4.35. The highest BCUT2D eigenvalue weighted by Gasteiger charge is 2.01. The van der Waals surface area contributed by atoms with Gasteiger partial charge in [0.25, 0.3) is 0 Å². The minimum Gasteiger partial charge on any atom is -1.00 e. The van der Waals surface area contributed by atoms with E-state index in [1.807, 2.05) is 54.7 Å². The van der Waals surface area contributed by atoms with Gasteiger partial charge in [-0.05, 0) is 36.4 Å². The third-order valence-corrected chi connectivity index (χ3v) is 3.02. The molecule has 4 heteroatoms. The summed E-state index contributed by atoms with van der Waals surface area (Å²) in [5.74, 6) is 0.852. The minimum atomic E-state index is 0. The van der Waals surface area contributed by atoms with Crippen molar-refractivity contribution >= 4 is 22.3 Å². The zero-order valence-corrected chi connectivity index (χ0v) is 11.8. The van der Waals surface area contributed by atoms with Gasteiger partial charge in [0.05, 0.1) is 12.6 Å². The van der Waals surface area contributed by atoms with E-state index >= 15 is 0 Å². The van der Waals surface area contributed by atoms with Crippen molar-refractivity contribution in [3.8, 4) is 5.75 Å². The number of para-hydroxylation sites is 1. The molecule has 0 bridgehead atoms. The second kappa shape index (κ2) is 6.26. The monoisotopic (exact) mass is 285 g/mol. The van der Waals surface area contributed by atoms with E-state index in [-0.39, 0.29) is 12.4 Å². The molecule has 0 saturated heterocycles. The Kier molecular flexibility index (Phi) is 4.43. The Labute approximate surface area is 124 Å². The minimum absolute atomic E-state index is 0. The highest BCUT2D eigenvalue weighted by Crippen LogP contribution is 2.25. The Balaban J connectivity index is 0.00000147. The molecule has 0 aliphatic carbocycles. The molecule has 3 rings (SSSR count). The lowest BCUT2D eigenvalue weighted by molar-refractivity contribution is -0.00000408. The van der Waals surface area contributed by atoms with Crippen LogP contribution in [-0.2, 0) is 0 Å². The van der Waals surface area contributed by atoms with E-state index in [0.29, 0.717) is 0 Å². The summed E-state index contributed by atoms with van der Waals surface area (Å²) in [5, 5.41) is 4.51. The first-order valence-corrected chi connectivity index (χ1v) is 6.11. The van der Waals surface area contributed by atoms with Crippen molar-refractivity contribution < 1.29 is 17.1 Å². The fourth-order valence-corrected chi connectivity index (χ4v) is 2.03. The zero-order chi connectivity index (χ0) is 13.1. The predicted molar refractivity (Wildman–Crippen MR) is 78.0 cm³/mol. The van der Waals surface area contributed by atoms with E-state index in [4.69, 9.17) is 4.74 Å². The fourth-order valence-electron chi connectivity index (χ4n) is 2.03. The summed E-state index contributed by atoms with van der Waals surface area (Å²) in [7, 11) is 1.67. The van der Waals surface area contributed by atoms with Crippen molar-refractivity contribution in [1.29, 1.82) is 0 Å². The Bertz CT molecular complexity index is 693. The van der Waals surface area contributed by atoms with Crippen LogP contribution in [0.5, 0.6) is 5.75 Å². The van der Waals surface area contributed by atoms with Crippen LogP contribution in [0.15, 0.2) is 60.8 Å². The second-order valence-electron chi connectivity index (χ2n) is 4.23. The maximum absolute atomic E-state index is 5.15. The summed E-state index contributed by atoms with van der Waals surface area (Å²) < 4.78 is 5.15. The molecule has 20 heavy (non-hydrogen) atoms. The molecule has 0 unspecified atom stereocenters. The predicted octanol–water partition coefficient (Wildman–Crippen LogP) is 0.991. The number of rotatable bonds is 3. The molecule has 3 aromatic rings. The number of nitrogens with one attached hydrogen (secondary N) is 1. The van der Waals surface area contributed by atoms with Gasteiger partial charge in [0.1, 0.15) is 5.75 Å². The van der Waals surface area contributed by atoms with Gasteiger partial charge in [0, 0.05) is 23.0 Å². The molecule has 0 saturated carbocycles. The van der Waals surface area contributed by atoms with Gasteiger partial charge in [-0.3, -0.25) is 4.98 Å². The maximum atomic E-state index is 5.15. The SMILES string of the molecule is COc1ccc(Nc2ccnc3ccccc23)cc1.[Cl-]. The number of methoxy groups -OCH3 is 1. The van der Waals surface area contributed by atoms with Crippen LogP contribution in [0.4, 0.5) is 11.4 Å². The molecular weight excluding hydrogens is 272 g/mol. The first kappa shape index (κ1) is 14.2. The molecule has 0 spiro atoms. The molecule has 102 valence electrons. The summed E-state index contributed by atoms with van der Waals surface area (Å²) in [5.41, 5.74) is 3.06. The highest BCUT2D eigenvalue weighted by molar-refractivity contribution is 5.92. The molecular formula is C16H14ClN2O-. The van der Waals surface area contributed by atoms with Gasteiger partial charge in [0.15, 0.2) is 0 Å². The third-order valence-electron chi connectivity index (χ3n) is 3.02. The topological polar surface area (TPSA) is 34.1 Å². The van der Waals surface area contributed by atoms with E-state index in [0.717, 1.165) is 28.0 Å². The van der Waals surface area contributed by atoms with E-state index < -0.39 is 0 Å². The molecule has 0 fully saturated rings. The molecule has 3 nitrogen and oxygen atoms in total. The lowest BCUT2D eigenvalue weighted by Crippen LogP contribution is -3.00. The average Bonchev–Trinajstić information content (AvgIpc) is 2.48. The van der Waals surface area contributed by atoms with Gasteiger partial charge in [-0.1, -0.05) is 18.2 Å². The first-order chi connectivity index (χ1) is 9.36. The number of hydrogen-bond acceptors (Lipinski definition) is 3. The van der Waals surface area contributed by atoms with Crippen LogP contribution in [-0.4, -0.2) is 12.1 Å². The molecule has 2 aromatic carbocycles. The number of aromatic nitrogens is 1. The van der Waals surface area contributed by atoms with Gasteiger partial charge in [-0.15, -0.1) is 0 Å². The fraction of sp³-hybridized carbons (Fsp3) is 0.0625. The van der Waals surface area contributed by atoms with Crippen LogP contribution in [0.1, 0.15) is 0 Å². The van der Waals surface area contributed by atoms with Crippen molar-refractivity contribution in [2.45, 2.75) is 0 Å². The Hall–Kier alpha value is -2.26. The largest absolute Gasteiger partial charge is 1.00 e. The Morgan fingerprint density at radius 2 is 1.70 bits per heavy atom. The van der Waals surface area contributed by atoms with Gasteiger partial charge in [-0.25, -0.2) is 0 Å². The molecule has 1 N–H and O–H groups in total. The molecule has 1 aromatic heterocycles.